The van der Waals surface area contributed by atoms with Crippen molar-refractivity contribution >= 4 is 16.9 Å². The van der Waals surface area contributed by atoms with Gasteiger partial charge in [-0.05, 0) is 37.6 Å². The third-order valence-corrected chi connectivity index (χ3v) is 4.62. The molecule has 0 aliphatic heterocycles. The number of benzene rings is 2. The summed E-state index contributed by atoms with van der Waals surface area (Å²) in [6, 6.07) is 17.3. The zero-order valence-electron chi connectivity index (χ0n) is 17.6. The first kappa shape index (κ1) is 21.6. The van der Waals surface area contributed by atoms with Gasteiger partial charge in [-0.25, -0.2) is 9.78 Å². The van der Waals surface area contributed by atoms with E-state index in [0.717, 1.165) is 27.9 Å². The molecule has 0 saturated carbocycles. The van der Waals surface area contributed by atoms with Crippen molar-refractivity contribution in [2.24, 2.45) is 0 Å². The van der Waals surface area contributed by atoms with Crippen LogP contribution >= 0.6 is 0 Å². The molecule has 0 N–H and O–H groups in total. The number of para-hydroxylation sites is 2. The molecule has 1 heterocycles. The van der Waals surface area contributed by atoms with Crippen LogP contribution in [0.3, 0.4) is 0 Å². The number of fused-ring (bicyclic) bond motifs is 1. The molecule has 0 aliphatic carbocycles. The van der Waals surface area contributed by atoms with E-state index in [1.165, 1.54) is 0 Å². The molecule has 158 valence electrons. The van der Waals surface area contributed by atoms with Crippen molar-refractivity contribution in [1.29, 1.82) is 0 Å². The molecule has 6 heteroatoms. The molecule has 3 aromatic rings. The average Bonchev–Trinajstić information content (AvgIpc) is 2.77. The van der Waals surface area contributed by atoms with Crippen LogP contribution < -0.4 is 9.47 Å². The lowest BCUT2D eigenvalue weighted by atomic mass is 10.1. The molecule has 0 fully saturated rings. The van der Waals surface area contributed by atoms with Crippen LogP contribution in [-0.4, -0.2) is 37.4 Å². The van der Waals surface area contributed by atoms with Gasteiger partial charge in [0.15, 0.2) is 6.10 Å². The Morgan fingerprint density at radius 3 is 2.53 bits per heavy atom. The SMILES string of the molecule is CCOC(=O)C(Cc1ccccc1OCc1cc(OC)c2ccccc2n1)OCC. The number of aromatic nitrogens is 1. The van der Waals surface area contributed by atoms with Crippen molar-refractivity contribution < 1.29 is 23.7 Å². The summed E-state index contributed by atoms with van der Waals surface area (Å²) in [6.45, 7) is 4.65. The number of methoxy groups -OCH3 is 1. The zero-order valence-corrected chi connectivity index (χ0v) is 17.6. The van der Waals surface area contributed by atoms with E-state index in [1.807, 2.05) is 61.5 Å². The maximum absolute atomic E-state index is 12.2. The second-order valence-electron chi connectivity index (χ2n) is 6.63. The third kappa shape index (κ3) is 5.27. The van der Waals surface area contributed by atoms with Gasteiger partial charge < -0.3 is 18.9 Å². The molecule has 6 nitrogen and oxygen atoms in total. The Labute approximate surface area is 176 Å². The molecule has 1 aromatic heterocycles. The van der Waals surface area contributed by atoms with Crippen molar-refractivity contribution in [2.45, 2.75) is 33.0 Å². The Bertz CT molecular complexity index is 988. The summed E-state index contributed by atoms with van der Waals surface area (Å²) < 4.78 is 22.3. The van der Waals surface area contributed by atoms with Crippen LogP contribution in [0.25, 0.3) is 10.9 Å². The maximum atomic E-state index is 12.2. The molecular formula is C24H27NO5. The fraction of sp³-hybridized carbons (Fsp3) is 0.333. The zero-order chi connectivity index (χ0) is 21.3. The van der Waals surface area contributed by atoms with E-state index in [4.69, 9.17) is 18.9 Å². The normalized spacial score (nSPS) is 11.8. The molecule has 1 atom stereocenters. The lowest BCUT2D eigenvalue weighted by Gasteiger charge is -2.18. The second kappa shape index (κ2) is 10.6. The smallest absolute Gasteiger partial charge is 0.335 e. The van der Waals surface area contributed by atoms with Crippen LogP contribution in [0.1, 0.15) is 25.1 Å². The second-order valence-corrected chi connectivity index (χ2v) is 6.63. The molecule has 0 radical (unpaired) electrons. The summed E-state index contributed by atoms with van der Waals surface area (Å²) in [6.07, 6.45) is -0.296. The number of nitrogens with zero attached hydrogens (tertiary/aromatic N) is 1. The number of carbonyl (C=O) groups excluding carboxylic acids is 1. The van der Waals surface area contributed by atoms with Gasteiger partial charge in [-0.2, -0.15) is 0 Å². The van der Waals surface area contributed by atoms with E-state index in [1.54, 1.807) is 14.0 Å². The minimum absolute atomic E-state index is 0.275. The maximum Gasteiger partial charge on any atom is 0.335 e. The average molecular weight is 409 g/mol. The highest BCUT2D eigenvalue weighted by molar-refractivity contribution is 5.85. The molecule has 0 saturated heterocycles. The van der Waals surface area contributed by atoms with Crippen LogP contribution in [0.4, 0.5) is 0 Å². The lowest BCUT2D eigenvalue weighted by molar-refractivity contribution is -0.156. The Hall–Kier alpha value is -3.12. The van der Waals surface area contributed by atoms with Gasteiger partial charge in [-0.1, -0.05) is 30.3 Å². The predicted octanol–water partition coefficient (Wildman–Crippen LogP) is 4.33. The summed E-state index contributed by atoms with van der Waals surface area (Å²) in [7, 11) is 1.64. The molecule has 2 aromatic carbocycles. The van der Waals surface area contributed by atoms with Crippen molar-refractivity contribution in [3.8, 4) is 11.5 Å². The highest BCUT2D eigenvalue weighted by Gasteiger charge is 2.22. The van der Waals surface area contributed by atoms with Gasteiger partial charge in [0.05, 0.1) is 24.9 Å². The van der Waals surface area contributed by atoms with E-state index < -0.39 is 6.10 Å². The standard InChI is InChI=1S/C24H27NO5/c1-4-28-23(24(26)29-5-2)14-17-10-6-9-13-21(17)30-16-18-15-22(27-3)19-11-7-8-12-20(19)25-18/h6-13,15,23H,4-5,14,16H2,1-3H3. The Morgan fingerprint density at radius 1 is 1.00 bits per heavy atom. The Morgan fingerprint density at radius 2 is 1.77 bits per heavy atom. The van der Waals surface area contributed by atoms with Gasteiger partial charge in [-0.15, -0.1) is 0 Å². The lowest BCUT2D eigenvalue weighted by Crippen LogP contribution is -2.29. The van der Waals surface area contributed by atoms with Gasteiger partial charge in [0.25, 0.3) is 0 Å². The number of hydrogen-bond acceptors (Lipinski definition) is 6. The fourth-order valence-electron chi connectivity index (χ4n) is 3.25. The summed E-state index contributed by atoms with van der Waals surface area (Å²) in [5.41, 5.74) is 2.48. The highest BCUT2D eigenvalue weighted by Crippen LogP contribution is 2.27. The van der Waals surface area contributed by atoms with Gasteiger partial charge in [-0.3, -0.25) is 0 Å². The first-order valence-corrected chi connectivity index (χ1v) is 10.1. The van der Waals surface area contributed by atoms with Crippen molar-refractivity contribution in [3.05, 3.63) is 65.9 Å². The number of rotatable bonds is 10. The van der Waals surface area contributed by atoms with Gasteiger partial charge >= 0.3 is 5.97 Å². The van der Waals surface area contributed by atoms with Crippen LogP contribution in [-0.2, 0) is 27.3 Å². The van der Waals surface area contributed by atoms with Gasteiger partial charge in [0.2, 0.25) is 0 Å². The van der Waals surface area contributed by atoms with Crippen LogP contribution in [0.2, 0.25) is 0 Å². The topological polar surface area (TPSA) is 66.9 Å². The molecule has 0 bridgehead atoms. The van der Waals surface area contributed by atoms with Crippen molar-refractivity contribution in [3.63, 3.8) is 0 Å². The van der Waals surface area contributed by atoms with E-state index >= 15 is 0 Å². The molecular weight excluding hydrogens is 382 g/mol. The molecule has 0 aliphatic rings. The summed E-state index contributed by atoms with van der Waals surface area (Å²) in [5.74, 6) is 1.07. The fourth-order valence-corrected chi connectivity index (χ4v) is 3.25. The Kier molecular flexibility index (Phi) is 7.63. The summed E-state index contributed by atoms with van der Waals surface area (Å²) in [4.78, 5) is 16.9. The number of esters is 1. The molecule has 0 spiro atoms. The molecule has 3 rings (SSSR count). The van der Waals surface area contributed by atoms with Gasteiger partial charge in [0.1, 0.15) is 18.1 Å². The monoisotopic (exact) mass is 409 g/mol. The minimum atomic E-state index is -0.668. The quantitative estimate of drug-likeness (QED) is 0.464. The highest BCUT2D eigenvalue weighted by atomic mass is 16.6. The van der Waals surface area contributed by atoms with E-state index in [9.17, 15) is 4.79 Å². The van der Waals surface area contributed by atoms with Crippen LogP contribution in [0, 0.1) is 0 Å². The predicted molar refractivity (Wildman–Crippen MR) is 115 cm³/mol. The number of pyridine rings is 1. The van der Waals surface area contributed by atoms with Crippen LogP contribution in [0.5, 0.6) is 11.5 Å². The number of carbonyl (C=O) groups is 1. The van der Waals surface area contributed by atoms with Gasteiger partial charge in [0, 0.05) is 24.5 Å². The molecule has 30 heavy (non-hydrogen) atoms. The summed E-state index contributed by atoms with van der Waals surface area (Å²) >= 11 is 0. The van der Waals surface area contributed by atoms with E-state index in [0.29, 0.717) is 25.4 Å². The largest absolute Gasteiger partial charge is 0.496 e. The van der Waals surface area contributed by atoms with Crippen molar-refractivity contribution in [1.82, 2.24) is 4.98 Å². The van der Waals surface area contributed by atoms with Crippen molar-refractivity contribution in [2.75, 3.05) is 20.3 Å². The molecule has 0 amide bonds. The number of ether oxygens (including phenoxy) is 4. The molecule has 1 unspecified atom stereocenters. The minimum Gasteiger partial charge on any atom is -0.496 e. The van der Waals surface area contributed by atoms with E-state index in [-0.39, 0.29) is 12.6 Å². The first-order valence-electron chi connectivity index (χ1n) is 10.1. The number of hydrogen-bond donors (Lipinski definition) is 0. The third-order valence-electron chi connectivity index (χ3n) is 4.62. The summed E-state index contributed by atoms with van der Waals surface area (Å²) in [5, 5.41) is 0.957. The Balaban J connectivity index is 1.78. The first-order chi connectivity index (χ1) is 14.7. The van der Waals surface area contributed by atoms with Crippen LogP contribution in [0.15, 0.2) is 54.6 Å². The van der Waals surface area contributed by atoms with E-state index in [2.05, 4.69) is 4.98 Å².